The van der Waals surface area contributed by atoms with Crippen LogP contribution in [0.2, 0.25) is 0 Å². The van der Waals surface area contributed by atoms with E-state index in [9.17, 15) is 4.79 Å². The Bertz CT molecular complexity index is 492. The average molecular weight is 290 g/mol. The van der Waals surface area contributed by atoms with Crippen molar-refractivity contribution in [1.29, 1.82) is 0 Å². The molecule has 0 aromatic carbocycles. The zero-order valence-electron chi connectivity index (χ0n) is 13.2. The molecule has 0 spiro atoms. The standard InChI is InChI=1S/C16H26N4O/c1-18(12-15-7-8-17-19(15)2)10-13-9-16(21)20(11-13)14-5-3-4-6-14/h7-8,13-14H,3-6,9-12H2,1-2H3. The number of hydrogen-bond acceptors (Lipinski definition) is 3. The molecule has 21 heavy (non-hydrogen) atoms. The maximum absolute atomic E-state index is 12.2. The van der Waals surface area contributed by atoms with E-state index in [1.807, 2.05) is 17.9 Å². The number of hydrogen-bond donors (Lipinski definition) is 0. The van der Waals surface area contributed by atoms with Gasteiger partial charge in [0.1, 0.15) is 0 Å². The third-order valence-corrected chi connectivity index (χ3v) is 4.93. The van der Waals surface area contributed by atoms with Crippen LogP contribution in [0.1, 0.15) is 37.8 Å². The van der Waals surface area contributed by atoms with Crippen LogP contribution in [0.15, 0.2) is 12.3 Å². The Balaban J connectivity index is 1.51. The molecule has 1 aromatic heterocycles. The highest BCUT2D eigenvalue weighted by Gasteiger charge is 2.35. The van der Waals surface area contributed by atoms with Crippen molar-refractivity contribution in [3.63, 3.8) is 0 Å². The Morgan fingerprint density at radius 1 is 1.38 bits per heavy atom. The van der Waals surface area contributed by atoms with E-state index in [2.05, 4.69) is 28.0 Å². The highest BCUT2D eigenvalue weighted by Crippen LogP contribution is 2.29. The molecule has 0 radical (unpaired) electrons. The third-order valence-electron chi connectivity index (χ3n) is 4.93. The van der Waals surface area contributed by atoms with E-state index in [0.29, 0.717) is 17.9 Å². The fourth-order valence-corrected chi connectivity index (χ4v) is 3.84. The summed E-state index contributed by atoms with van der Waals surface area (Å²) in [6, 6.07) is 2.59. The average Bonchev–Trinajstić information content (AvgIpc) is 3.13. The summed E-state index contributed by atoms with van der Waals surface area (Å²) < 4.78 is 1.92. The lowest BCUT2D eigenvalue weighted by Gasteiger charge is -2.25. The largest absolute Gasteiger partial charge is 0.339 e. The number of carbonyl (C=O) groups excluding carboxylic acids is 1. The number of aromatic nitrogens is 2. The maximum Gasteiger partial charge on any atom is 0.223 e. The summed E-state index contributed by atoms with van der Waals surface area (Å²) in [5.74, 6) is 0.858. The van der Waals surface area contributed by atoms with Gasteiger partial charge in [0, 0.05) is 45.3 Å². The van der Waals surface area contributed by atoms with E-state index in [-0.39, 0.29) is 0 Å². The molecular weight excluding hydrogens is 264 g/mol. The van der Waals surface area contributed by atoms with Crippen molar-refractivity contribution in [1.82, 2.24) is 19.6 Å². The zero-order chi connectivity index (χ0) is 14.8. The summed E-state index contributed by atoms with van der Waals surface area (Å²) in [7, 11) is 4.11. The van der Waals surface area contributed by atoms with E-state index < -0.39 is 0 Å². The first-order valence-electron chi connectivity index (χ1n) is 8.08. The molecule has 2 aliphatic rings. The first-order chi connectivity index (χ1) is 10.1. The second kappa shape index (κ2) is 6.18. The summed E-state index contributed by atoms with van der Waals surface area (Å²) in [5, 5.41) is 4.21. The molecular formula is C16H26N4O. The number of carbonyl (C=O) groups is 1. The second-order valence-electron chi connectivity index (χ2n) is 6.70. The molecule has 1 saturated carbocycles. The van der Waals surface area contributed by atoms with Crippen molar-refractivity contribution in [2.24, 2.45) is 13.0 Å². The predicted molar refractivity (Wildman–Crippen MR) is 81.6 cm³/mol. The van der Waals surface area contributed by atoms with Gasteiger partial charge in [0.2, 0.25) is 5.91 Å². The van der Waals surface area contributed by atoms with Gasteiger partial charge in [-0.1, -0.05) is 12.8 Å². The van der Waals surface area contributed by atoms with Gasteiger partial charge in [-0.3, -0.25) is 9.48 Å². The first-order valence-corrected chi connectivity index (χ1v) is 8.08. The van der Waals surface area contributed by atoms with E-state index in [4.69, 9.17) is 0 Å². The quantitative estimate of drug-likeness (QED) is 0.828. The molecule has 2 fully saturated rings. The molecule has 5 nitrogen and oxygen atoms in total. The number of amides is 1. The summed E-state index contributed by atoms with van der Waals surface area (Å²) in [6.45, 7) is 2.84. The monoisotopic (exact) mass is 290 g/mol. The third kappa shape index (κ3) is 3.28. The molecule has 2 heterocycles. The van der Waals surface area contributed by atoms with E-state index >= 15 is 0 Å². The molecule has 3 rings (SSSR count). The van der Waals surface area contributed by atoms with Gasteiger partial charge in [0.05, 0.1) is 5.69 Å². The molecule has 1 aliphatic heterocycles. The van der Waals surface area contributed by atoms with Crippen molar-refractivity contribution in [2.75, 3.05) is 20.1 Å². The lowest BCUT2D eigenvalue weighted by Crippen LogP contribution is -2.35. The first kappa shape index (κ1) is 14.6. The molecule has 1 saturated heterocycles. The minimum atomic E-state index is 0.376. The van der Waals surface area contributed by atoms with Crippen molar-refractivity contribution in [2.45, 2.75) is 44.7 Å². The van der Waals surface area contributed by atoms with Crippen molar-refractivity contribution < 1.29 is 4.79 Å². The Morgan fingerprint density at radius 3 is 2.81 bits per heavy atom. The molecule has 1 aromatic rings. The van der Waals surface area contributed by atoms with Gasteiger partial charge in [-0.25, -0.2) is 0 Å². The van der Waals surface area contributed by atoms with Crippen molar-refractivity contribution in [3.05, 3.63) is 18.0 Å². The molecule has 1 unspecified atom stereocenters. The zero-order valence-corrected chi connectivity index (χ0v) is 13.2. The van der Waals surface area contributed by atoms with Gasteiger partial charge in [0.15, 0.2) is 0 Å². The van der Waals surface area contributed by atoms with Crippen LogP contribution in [0, 0.1) is 5.92 Å². The number of aryl methyl sites for hydroxylation is 1. The van der Waals surface area contributed by atoms with Crippen LogP contribution in [-0.4, -0.2) is 51.7 Å². The highest BCUT2D eigenvalue weighted by molar-refractivity contribution is 5.79. The van der Waals surface area contributed by atoms with Gasteiger partial charge in [-0.15, -0.1) is 0 Å². The fourth-order valence-electron chi connectivity index (χ4n) is 3.84. The van der Waals surface area contributed by atoms with Gasteiger partial charge < -0.3 is 9.80 Å². The lowest BCUT2D eigenvalue weighted by molar-refractivity contribution is -0.129. The maximum atomic E-state index is 12.2. The van der Waals surface area contributed by atoms with Crippen molar-refractivity contribution >= 4 is 5.91 Å². The molecule has 1 aliphatic carbocycles. The molecule has 1 amide bonds. The highest BCUT2D eigenvalue weighted by atomic mass is 16.2. The van der Waals surface area contributed by atoms with Gasteiger partial charge in [-0.05, 0) is 31.9 Å². The molecule has 5 heteroatoms. The molecule has 116 valence electrons. The summed E-state index contributed by atoms with van der Waals surface area (Å²) in [4.78, 5) is 16.7. The van der Waals surface area contributed by atoms with Crippen LogP contribution >= 0.6 is 0 Å². The number of nitrogens with zero attached hydrogens (tertiary/aromatic N) is 4. The van der Waals surface area contributed by atoms with Gasteiger partial charge in [0.25, 0.3) is 0 Å². The van der Waals surface area contributed by atoms with Crippen LogP contribution in [0.5, 0.6) is 0 Å². The van der Waals surface area contributed by atoms with Crippen LogP contribution in [0.25, 0.3) is 0 Å². The van der Waals surface area contributed by atoms with Crippen LogP contribution in [-0.2, 0) is 18.4 Å². The lowest BCUT2D eigenvalue weighted by atomic mass is 10.1. The second-order valence-corrected chi connectivity index (χ2v) is 6.70. The smallest absolute Gasteiger partial charge is 0.223 e. The SMILES string of the molecule is CN(Cc1ccnn1C)CC1CC(=O)N(C2CCCC2)C1. The topological polar surface area (TPSA) is 41.4 Å². The van der Waals surface area contributed by atoms with Crippen LogP contribution in [0.4, 0.5) is 0 Å². The number of likely N-dealkylation sites (tertiary alicyclic amines) is 1. The Labute approximate surface area is 126 Å². The van der Waals surface area contributed by atoms with E-state index in [0.717, 1.165) is 26.1 Å². The number of rotatable bonds is 5. The summed E-state index contributed by atoms with van der Waals surface area (Å²) in [5.41, 5.74) is 1.22. The normalized spacial score (nSPS) is 23.7. The minimum Gasteiger partial charge on any atom is -0.339 e. The Kier molecular flexibility index (Phi) is 4.29. The van der Waals surface area contributed by atoms with Gasteiger partial charge >= 0.3 is 0 Å². The Morgan fingerprint density at radius 2 is 2.14 bits per heavy atom. The van der Waals surface area contributed by atoms with E-state index in [1.165, 1.54) is 31.4 Å². The van der Waals surface area contributed by atoms with Gasteiger partial charge in [-0.2, -0.15) is 5.10 Å². The predicted octanol–water partition coefficient (Wildman–Crippen LogP) is 1.64. The van der Waals surface area contributed by atoms with Crippen molar-refractivity contribution in [3.8, 4) is 0 Å². The fraction of sp³-hybridized carbons (Fsp3) is 0.750. The summed E-state index contributed by atoms with van der Waals surface area (Å²) in [6.07, 6.45) is 7.57. The minimum absolute atomic E-state index is 0.376. The molecule has 0 N–H and O–H groups in total. The van der Waals surface area contributed by atoms with E-state index in [1.54, 1.807) is 0 Å². The van der Waals surface area contributed by atoms with Crippen LogP contribution in [0.3, 0.4) is 0 Å². The molecule has 0 bridgehead atoms. The molecule has 1 atom stereocenters. The van der Waals surface area contributed by atoms with Crippen LogP contribution < -0.4 is 0 Å². The summed E-state index contributed by atoms with van der Waals surface area (Å²) >= 11 is 0. The Hall–Kier alpha value is -1.36.